The number of hydrogen-bond donors (Lipinski definition) is 2. The van der Waals surface area contributed by atoms with Gasteiger partial charge in [0.15, 0.2) is 17.1 Å². The summed E-state index contributed by atoms with van der Waals surface area (Å²) >= 11 is 5.90. The molecule has 1 atom stereocenters. The predicted octanol–water partition coefficient (Wildman–Crippen LogP) is 2.32. The van der Waals surface area contributed by atoms with Gasteiger partial charge in [-0.15, -0.1) is 0 Å². The molecular weight excluding hydrogens is 431 g/mol. The van der Waals surface area contributed by atoms with E-state index in [-0.39, 0.29) is 35.3 Å². The summed E-state index contributed by atoms with van der Waals surface area (Å²) in [7, 11) is 1.30. The normalized spacial score (nSPS) is 20.2. The number of aromatic nitrogens is 1. The molecule has 3 aromatic rings. The SMILES string of the molecule is COc1ccc2c(c1F)C(=O)N(C[C@@]1(c3cc4cnc(Cl)cc4o3)NC(=O)NC1=O)C2. The molecule has 1 saturated heterocycles. The van der Waals surface area contributed by atoms with Crippen molar-refractivity contribution in [1.82, 2.24) is 20.5 Å². The molecule has 4 amide bonds. The van der Waals surface area contributed by atoms with Crippen LogP contribution in [-0.2, 0) is 16.9 Å². The molecule has 1 aromatic carbocycles. The minimum absolute atomic E-state index is 0.0492. The highest BCUT2D eigenvalue weighted by atomic mass is 35.5. The zero-order valence-corrected chi connectivity index (χ0v) is 16.7. The van der Waals surface area contributed by atoms with Crippen molar-refractivity contribution in [2.75, 3.05) is 13.7 Å². The Morgan fingerprint density at radius 1 is 1.32 bits per heavy atom. The smallest absolute Gasteiger partial charge is 0.322 e. The van der Waals surface area contributed by atoms with Crippen molar-refractivity contribution >= 4 is 40.4 Å². The van der Waals surface area contributed by atoms with E-state index in [4.69, 9.17) is 20.8 Å². The first-order valence-electron chi connectivity index (χ1n) is 9.16. The van der Waals surface area contributed by atoms with Crippen LogP contribution in [0.4, 0.5) is 9.18 Å². The number of fused-ring (bicyclic) bond motifs is 2. The molecule has 2 N–H and O–H groups in total. The largest absolute Gasteiger partial charge is 0.494 e. The third-order valence-corrected chi connectivity index (χ3v) is 5.64. The second-order valence-electron chi connectivity index (χ2n) is 7.25. The number of rotatable bonds is 4. The Hall–Kier alpha value is -3.66. The second-order valence-corrected chi connectivity index (χ2v) is 7.63. The lowest BCUT2D eigenvalue weighted by molar-refractivity contribution is -0.125. The van der Waals surface area contributed by atoms with E-state index < -0.39 is 29.2 Å². The first-order chi connectivity index (χ1) is 14.8. The molecule has 0 aliphatic carbocycles. The highest BCUT2D eigenvalue weighted by Gasteiger charge is 2.53. The summed E-state index contributed by atoms with van der Waals surface area (Å²) < 4.78 is 25.4. The summed E-state index contributed by atoms with van der Waals surface area (Å²) in [5.41, 5.74) is -1.03. The number of carbonyl (C=O) groups is 3. The standard InChI is InChI=1S/C20H14ClFN4O5/c1-30-11-3-2-9-7-26(17(27)15(9)16(11)22)8-20(18(28)24-19(29)25-20)13-4-10-6-23-14(21)5-12(10)31-13/h2-6H,7-8H2,1H3,(H2,24,25,28,29)/t20-/m0/s1. The molecule has 9 nitrogen and oxygen atoms in total. The molecule has 0 bridgehead atoms. The van der Waals surface area contributed by atoms with Gasteiger partial charge in [-0.1, -0.05) is 17.7 Å². The number of pyridine rings is 1. The van der Waals surface area contributed by atoms with Crippen molar-refractivity contribution in [3.8, 4) is 5.75 Å². The molecule has 0 radical (unpaired) electrons. The number of ether oxygens (including phenoxy) is 1. The number of amides is 4. The van der Waals surface area contributed by atoms with E-state index in [0.717, 1.165) is 0 Å². The third kappa shape index (κ3) is 2.82. The zero-order valence-electron chi connectivity index (χ0n) is 16.0. The van der Waals surface area contributed by atoms with Crippen molar-refractivity contribution < 1.29 is 27.9 Å². The fourth-order valence-electron chi connectivity index (χ4n) is 3.94. The number of methoxy groups -OCH3 is 1. The Labute approximate surface area is 179 Å². The fraction of sp³-hybridized carbons (Fsp3) is 0.200. The van der Waals surface area contributed by atoms with Crippen LogP contribution in [0, 0.1) is 5.82 Å². The van der Waals surface area contributed by atoms with Gasteiger partial charge in [-0.3, -0.25) is 14.9 Å². The number of furan rings is 1. The summed E-state index contributed by atoms with van der Waals surface area (Å²) in [5.74, 6) is -2.06. The molecule has 0 spiro atoms. The third-order valence-electron chi connectivity index (χ3n) is 5.43. The topological polar surface area (TPSA) is 114 Å². The average molecular weight is 445 g/mol. The zero-order chi connectivity index (χ0) is 21.9. The van der Waals surface area contributed by atoms with Crippen LogP contribution in [0.25, 0.3) is 11.0 Å². The van der Waals surface area contributed by atoms with E-state index >= 15 is 0 Å². The van der Waals surface area contributed by atoms with Gasteiger partial charge in [0, 0.05) is 24.2 Å². The maximum atomic E-state index is 14.7. The summed E-state index contributed by atoms with van der Waals surface area (Å²) in [4.78, 5) is 43.1. The molecule has 158 valence electrons. The molecule has 2 aliphatic rings. The van der Waals surface area contributed by atoms with E-state index in [2.05, 4.69) is 15.6 Å². The van der Waals surface area contributed by atoms with Gasteiger partial charge in [-0.25, -0.2) is 14.2 Å². The van der Waals surface area contributed by atoms with Crippen LogP contribution in [0.2, 0.25) is 5.15 Å². The van der Waals surface area contributed by atoms with Crippen molar-refractivity contribution in [3.05, 3.63) is 58.3 Å². The van der Waals surface area contributed by atoms with Crippen molar-refractivity contribution in [3.63, 3.8) is 0 Å². The maximum Gasteiger partial charge on any atom is 0.322 e. The molecule has 0 saturated carbocycles. The van der Waals surface area contributed by atoms with E-state index in [9.17, 15) is 18.8 Å². The summed E-state index contributed by atoms with van der Waals surface area (Å²) in [6, 6.07) is 5.30. The maximum absolute atomic E-state index is 14.7. The van der Waals surface area contributed by atoms with Crippen LogP contribution in [0.15, 0.2) is 34.9 Å². The van der Waals surface area contributed by atoms with Crippen LogP contribution in [0.1, 0.15) is 21.7 Å². The lowest BCUT2D eigenvalue weighted by Gasteiger charge is -2.29. The van der Waals surface area contributed by atoms with Gasteiger partial charge in [0.1, 0.15) is 16.5 Å². The number of hydrogen-bond acceptors (Lipinski definition) is 6. The van der Waals surface area contributed by atoms with Crippen molar-refractivity contribution in [2.45, 2.75) is 12.1 Å². The van der Waals surface area contributed by atoms with E-state index in [1.165, 1.54) is 30.3 Å². The van der Waals surface area contributed by atoms with Gasteiger partial charge in [-0.05, 0) is 17.7 Å². The number of halogens is 2. The van der Waals surface area contributed by atoms with Gasteiger partial charge in [0.05, 0.1) is 19.2 Å². The van der Waals surface area contributed by atoms with Gasteiger partial charge in [-0.2, -0.15) is 0 Å². The quantitative estimate of drug-likeness (QED) is 0.471. The van der Waals surface area contributed by atoms with E-state index in [0.29, 0.717) is 16.5 Å². The highest BCUT2D eigenvalue weighted by Crippen LogP contribution is 2.36. The Balaban J connectivity index is 1.56. The monoisotopic (exact) mass is 444 g/mol. The van der Waals surface area contributed by atoms with Crippen LogP contribution in [0.5, 0.6) is 5.75 Å². The number of imide groups is 1. The van der Waals surface area contributed by atoms with Crippen LogP contribution in [-0.4, -0.2) is 41.4 Å². The second kappa shape index (κ2) is 6.67. The minimum Gasteiger partial charge on any atom is -0.494 e. The van der Waals surface area contributed by atoms with E-state index in [1.54, 1.807) is 12.1 Å². The Kier molecular flexibility index (Phi) is 4.16. The molecule has 31 heavy (non-hydrogen) atoms. The molecule has 1 fully saturated rings. The average Bonchev–Trinajstić information content (AvgIpc) is 3.37. The van der Waals surface area contributed by atoms with Crippen LogP contribution in [0.3, 0.4) is 0 Å². The summed E-state index contributed by atoms with van der Waals surface area (Å²) in [5, 5.41) is 5.49. The van der Waals surface area contributed by atoms with Crippen LogP contribution < -0.4 is 15.4 Å². The molecular formula is C20H14ClFN4O5. The fourth-order valence-corrected chi connectivity index (χ4v) is 4.09. The number of nitrogens with zero attached hydrogens (tertiary/aromatic N) is 2. The highest BCUT2D eigenvalue weighted by molar-refractivity contribution is 6.29. The number of urea groups is 1. The van der Waals surface area contributed by atoms with Crippen molar-refractivity contribution in [2.24, 2.45) is 0 Å². The molecule has 11 heteroatoms. The molecule has 4 heterocycles. The number of nitrogens with one attached hydrogen (secondary N) is 2. The minimum atomic E-state index is -1.71. The molecule has 5 rings (SSSR count). The van der Waals surface area contributed by atoms with Crippen LogP contribution >= 0.6 is 11.6 Å². The van der Waals surface area contributed by atoms with Gasteiger partial charge in [0.2, 0.25) is 0 Å². The van der Waals surface area contributed by atoms with Crippen molar-refractivity contribution in [1.29, 1.82) is 0 Å². The Morgan fingerprint density at radius 3 is 2.84 bits per heavy atom. The number of benzene rings is 1. The summed E-state index contributed by atoms with van der Waals surface area (Å²) in [6.45, 7) is -0.228. The lowest BCUT2D eigenvalue weighted by Crippen LogP contribution is -2.52. The Bertz CT molecular complexity index is 1290. The van der Waals surface area contributed by atoms with Gasteiger partial charge < -0.3 is 19.4 Å². The first kappa shape index (κ1) is 19.3. The van der Waals surface area contributed by atoms with Gasteiger partial charge >= 0.3 is 6.03 Å². The lowest BCUT2D eigenvalue weighted by atomic mass is 9.95. The number of carbonyl (C=O) groups excluding carboxylic acids is 3. The summed E-state index contributed by atoms with van der Waals surface area (Å²) in [6.07, 6.45) is 1.46. The molecule has 2 aliphatic heterocycles. The Morgan fingerprint density at radius 2 is 2.13 bits per heavy atom. The van der Waals surface area contributed by atoms with E-state index in [1.807, 2.05) is 0 Å². The molecule has 0 unspecified atom stereocenters. The first-order valence-corrected chi connectivity index (χ1v) is 9.54. The molecule has 2 aromatic heterocycles. The predicted molar refractivity (Wildman–Crippen MR) is 105 cm³/mol. The van der Waals surface area contributed by atoms with Gasteiger partial charge in [0.25, 0.3) is 11.8 Å².